The third kappa shape index (κ3) is 2.60. The average Bonchev–Trinajstić information content (AvgIpc) is 3.20. The van der Waals surface area contributed by atoms with Crippen molar-refractivity contribution in [3.8, 4) is 11.3 Å². The van der Waals surface area contributed by atoms with Gasteiger partial charge in [-0.15, -0.1) is 0 Å². The van der Waals surface area contributed by atoms with Gasteiger partial charge in [0.25, 0.3) is 0 Å². The zero-order valence-corrected chi connectivity index (χ0v) is 16.4. The molecule has 1 fully saturated rings. The van der Waals surface area contributed by atoms with Gasteiger partial charge >= 0.3 is 0 Å². The van der Waals surface area contributed by atoms with E-state index in [0.717, 1.165) is 5.92 Å². The zero-order valence-electron chi connectivity index (χ0n) is 16.4. The number of pyridine rings is 1. The predicted octanol–water partition coefficient (Wildman–Crippen LogP) is 7.04. The van der Waals surface area contributed by atoms with Crippen molar-refractivity contribution in [3.63, 3.8) is 0 Å². The molecule has 0 atom stereocenters. The highest BCUT2D eigenvalue weighted by atomic mass is 14.8. The van der Waals surface area contributed by atoms with Crippen LogP contribution in [-0.2, 0) is 10.8 Å². The van der Waals surface area contributed by atoms with Crippen LogP contribution in [0.3, 0.4) is 0 Å². The zero-order chi connectivity index (χ0) is 17.8. The molecule has 25 heavy (non-hydrogen) atoms. The van der Waals surface area contributed by atoms with Crippen LogP contribution in [0.15, 0.2) is 36.4 Å². The predicted molar refractivity (Wildman–Crippen MR) is 109 cm³/mol. The highest BCUT2D eigenvalue weighted by Gasteiger charge is 2.38. The van der Waals surface area contributed by atoms with Crippen molar-refractivity contribution < 1.29 is 0 Å². The minimum atomic E-state index is 0.131. The Hall–Kier alpha value is -1.76. The van der Waals surface area contributed by atoms with Crippen molar-refractivity contribution in [3.05, 3.63) is 47.7 Å². The van der Waals surface area contributed by atoms with E-state index in [9.17, 15) is 0 Å². The molecular weight excluding hydrogens is 302 g/mol. The van der Waals surface area contributed by atoms with Gasteiger partial charge < -0.3 is 4.98 Å². The third-order valence-electron chi connectivity index (χ3n) is 6.51. The van der Waals surface area contributed by atoms with Crippen LogP contribution in [0.5, 0.6) is 0 Å². The maximum atomic E-state index is 3.85. The molecule has 1 nitrogen and oxygen atoms in total. The second-order valence-electron chi connectivity index (χ2n) is 9.53. The monoisotopic (exact) mass is 333 g/mol. The largest absolute Gasteiger partial charge is 0.358 e. The molecule has 4 rings (SSSR count). The van der Waals surface area contributed by atoms with E-state index in [1.165, 1.54) is 59.0 Å². The summed E-state index contributed by atoms with van der Waals surface area (Å²) in [5, 5.41) is 2.84. The summed E-state index contributed by atoms with van der Waals surface area (Å²) < 4.78 is 0. The molecule has 0 spiro atoms. The number of H-pyrrole nitrogens is 1. The number of hydrogen-bond donors (Lipinski definition) is 1. The molecule has 3 aliphatic rings. The van der Waals surface area contributed by atoms with Crippen LogP contribution < -0.4 is 0 Å². The quantitative estimate of drug-likeness (QED) is 0.517. The molecule has 0 saturated heterocycles. The fourth-order valence-corrected chi connectivity index (χ4v) is 4.94. The third-order valence-corrected chi connectivity index (χ3v) is 6.51. The normalized spacial score (nSPS) is 17.0. The van der Waals surface area contributed by atoms with Crippen molar-refractivity contribution in [2.75, 3.05) is 0 Å². The first-order valence-electron chi connectivity index (χ1n) is 9.84. The van der Waals surface area contributed by atoms with Gasteiger partial charge in [-0.1, -0.05) is 77.8 Å². The van der Waals surface area contributed by atoms with E-state index in [0.29, 0.717) is 0 Å². The van der Waals surface area contributed by atoms with Crippen LogP contribution in [0.2, 0.25) is 0 Å². The maximum absolute atomic E-state index is 3.85. The standard InChI is InChI=1S/C24H31N/c1-23(2,3)20-15-14-19-17-12-8-9-13-18(17)21(22(19)25-20)24(4,5)16-10-6-7-11-16/h8-9,12-16,25H,6-7,10-11H2,1-5H3. The fourth-order valence-electron chi connectivity index (χ4n) is 4.94. The van der Waals surface area contributed by atoms with Gasteiger partial charge in [-0.05, 0) is 46.6 Å². The summed E-state index contributed by atoms with van der Waals surface area (Å²) in [5.41, 5.74) is 5.93. The molecule has 0 unspecified atom stereocenters. The Morgan fingerprint density at radius 1 is 0.840 bits per heavy atom. The van der Waals surface area contributed by atoms with Crippen molar-refractivity contribution >= 4 is 10.8 Å². The van der Waals surface area contributed by atoms with E-state index in [4.69, 9.17) is 0 Å². The number of fused-ring (bicyclic) bond motifs is 3. The lowest BCUT2D eigenvalue weighted by atomic mass is 9.71. The number of hydrogen-bond acceptors (Lipinski definition) is 0. The van der Waals surface area contributed by atoms with Crippen molar-refractivity contribution in [2.45, 2.75) is 71.1 Å². The summed E-state index contributed by atoms with van der Waals surface area (Å²) in [6, 6.07) is 13.6. The molecule has 1 aromatic carbocycles. The fraction of sp³-hybridized carbons (Fsp3) is 0.500. The van der Waals surface area contributed by atoms with Gasteiger partial charge in [-0.2, -0.15) is 0 Å². The smallest absolute Gasteiger partial charge is 0.0506 e. The molecule has 0 amide bonds. The highest BCUT2D eigenvalue weighted by Crippen LogP contribution is 2.50. The molecule has 1 aliphatic heterocycles. The number of benzene rings is 1. The summed E-state index contributed by atoms with van der Waals surface area (Å²) in [7, 11) is 0. The number of nitrogens with one attached hydrogen (secondary N) is 1. The summed E-state index contributed by atoms with van der Waals surface area (Å²) in [4.78, 5) is 3.85. The van der Waals surface area contributed by atoms with E-state index >= 15 is 0 Å². The Labute approximate surface area is 152 Å². The molecular formula is C24H31N. The van der Waals surface area contributed by atoms with Gasteiger partial charge in [0.05, 0.1) is 5.69 Å². The van der Waals surface area contributed by atoms with Gasteiger partial charge in [-0.3, -0.25) is 0 Å². The Morgan fingerprint density at radius 2 is 1.48 bits per heavy atom. The highest BCUT2D eigenvalue weighted by molar-refractivity contribution is 6.05. The Kier molecular flexibility index (Phi) is 3.76. The Morgan fingerprint density at radius 3 is 2.12 bits per heavy atom. The molecule has 1 aromatic rings. The Bertz CT molecular complexity index is 869. The molecule has 2 aliphatic carbocycles. The van der Waals surface area contributed by atoms with Crippen LogP contribution in [0.25, 0.3) is 22.0 Å². The van der Waals surface area contributed by atoms with Gasteiger partial charge in [0.15, 0.2) is 0 Å². The van der Waals surface area contributed by atoms with Gasteiger partial charge in [0.1, 0.15) is 0 Å². The first-order valence-corrected chi connectivity index (χ1v) is 9.84. The van der Waals surface area contributed by atoms with Gasteiger partial charge in [0, 0.05) is 16.7 Å². The maximum Gasteiger partial charge on any atom is 0.0506 e. The summed E-state index contributed by atoms with van der Waals surface area (Å²) in [6.45, 7) is 11.8. The second-order valence-corrected chi connectivity index (χ2v) is 9.53. The lowest BCUT2D eigenvalue weighted by Crippen LogP contribution is -2.27. The lowest BCUT2D eigenvalue weighted by Gasteiger charge is -2.33. The van der Waals surface area contributed by atoms with Crippen molar-refractivity contribution in [1.82, 2.24) is 4.98 Å². The first kappa shape index (κ1) is 16.7. The SMILES string of the molecule is CC(C)(C)c1ccc2c3ccccc3c(C(C)(C)C3CCCC3)c-2[nH]1. The van der Waals surface area contributed by atoms with E-state index in [1.807, 2.05) is 0 Å². The number of aromatic amines is 1. The van der Waals surface area contributed by atoms with Gasteiger partial charge in [0.2, 0.25) is 0 Å². The topological polar surface area (TPSA) is 15.8 Å². The van der Waals surface area contributed by atoms with Crippen LogP contribution in [0, 0.1) is 5.92 Å². The lowest BCUT2D eigenvalue weighted by molar-refractivity contribution is 0.328. The first-order chi connectivity index (χ1) is 11.8. The molecule has 1 heteroatoms. The molecule has 1 saturated carbocycles. The van der Waals surface area contributed by atoms with Crippen LogP contribution in [-0.4, -0.2) is 4.98 Å². The molecule has 132 valence electrons. The molecule has 1 heterocycles. The van der Waals surface area contributed by atoms with E-state index < -0.39 is 0 Å². The van der Waals surface area contributed by atoms with Crippen molar-refractivity contribution in [2.24, 2.45) is 5.92 Å². The molecule has 0 radical (unpaired) electrons. The Balaban J connectivity index is 2.03. The summed E-state index contributed by atoms with van der Waals surface area (Å²) in [6.07, 6.45) is 5.52. The minimum absolute atomic E-state index is 0.131. The van der Waals surface area contributed by atoms with Crippen LogP contribution >= 0.6 is 0 Å². The molecule has 1 N–H and O–H groups in total. The van der Waals surface area contributed by atoms with E-state index in [1.54, 1.807) is 0 Å². The van der Waals surface area contributed by atoms with E-state index in [-0.39, 0.29) is 10.8 Å². The number of aromatic nitrogens is 1. The summed E-state index contributed by atoms with van der Waals surface area (Å²) in [5.74, 6) is 0.785. The summed E-state index contributed by atoms with van der Waals surface area (Å²) >= 11 is 0. The second kappa shape index (κ2) is 5.62. The van der Waals surface area contributed by atoms with Crippen LogP contribution in [0.1, 0.15) is 71.6 Å². The molecule has 0 aromatic heterocycles. The van der Waals surface area contributed by atoms with Gasteiger partial charge in [-0.25, -0.2) is 0 Å². The minimum Gasteiger partial charge on any atom is -0.358 e. The van der Waals surface area contributed by atoms with Crippen LogP contribution in [0.4, 0.5) is 0 Å². The van der Waals surface area contributed by atoms with Crippen molar-refractivity contribution in [1.29, 1.82) is 0 Å². The molecule has 0 bridgehead atoms. The van der Waals surface area contributed by atoms with E-state index in [2.05, 4.69) is 76.0 Å². The number of rotatable bonds is 2. The average molecular weight is 334 g/mol.